The van der Waals surface area contributed by atoms with Gasteiger partial charge in [-0.3, -0.25) is 18.7 Å². The van der Waals surface area contributed by atoms with Crippen LogP contribution in [0.3, 0.4) is 0 Å². The molecule has 3 rings (SSSR count). The van der Waals surface area contributed by atoms with Crippen LogP contribution in [0.25, 0.3) is 11.0 Å². The number of fused-ring (bicyclic) bond motifs is 1. The molecule has 32 heavy (non-hydrogen) atoms. The van der Waals surface area contributed by atoms with Crippen LogP contribution in [0.1, 0.15) is 26.3 Å². The second-order valence-corrected chi connectivity index (χ2v) is 7.74. The van der Waals surface area contributed by atoms with E-state index in [9.17, 15) is 14.4 Å². The number of rotatable bonds is 9. The van der Waals surface area contributed by atoms with E-state index >= 15 is 0 Å². The highest BCUT2D eigenvalue weighted by atomic mass is 16.2. The second kappa shape index (κ2) is 9.72. The Balaban J connectivity index is 1.97. The summed E-state index contributed by atoms with van der Waals surface area (Å²) in [5.41, 5.74) is 9.28. The first-order chi connectivity index (χ1) is 15.3. The van der Waals surface area contributed by atoms with Gasteiger partial charge < -0.3 is 15.5 Å². The molecule has 1 aromatic heterocycles. The zero-order valence-electron chi connectivity index (χ0n) is 19.2. The van der Waals surface area contributed by atoms with E-state index < -0.39 is 5.91 Å². The first-order valence-electron chi connectivity index (χ1n) is 10.9. The number of hydrogen-bond donors (Lipinski definition) is 1. The van der Waals surface area contributed by atoms with Gasteiger partial charge in [-0.2, -0.15) is 0 Å². The fraction of sp³-hybridized carbons (Fsp3) is 0.375. The third kappa shape index (κ3) is 4.54. The lowest BCUT2D eigenvalue weighted by Crippen LogP contribution is -2.41. The van der Waals surface area contributed by atoms with E-state index in [1.165, 1.54) is 9.47 Å². The van der Waals surface area contributed by atoms with Gasteiger partial charge in [-0.1, -0.05) is 6.07 Å². The van der Waals surface area contributed by atoms with E-state index in [-0.39, 0.29) is 24.7 Å². The molecule has 2 amide bonds. The molecule has 0 spiro atoms. The highest BCUT2D eigenvalue weighted by molar-refractivity contribution is 5.99. The van der Waals surface area contributed by atoms with Crippen molar-refractivity contribution in [2.45, 2.75) is 40.8 Å². The fourth-order valence-electron chi connectivity index (χ4n) is 4.02. The van der Waals surface area contributed by atoms with Crippen LogP contribution >= 0.6 is 0 Å². The average Bonchev–Trinajstić information content (AvgIpc) is 3.03. The van der Waals surface area contributed by atoms with Gasteiger partial charge in [0, 0.05) is 31.0 Å². The maximum absolute atomic E-state index is 13.3. The molecule has 0 saturated heterocycles. The van der Waals surface area contributed by atoms with Gasteiger partial charge in [-0.15, -0.1) is 0 Å². The number of anilines is 2. The fourth-order valence-corrected chi connectivity index (χ4v) is 4.02. The second-order valence-electron chi connectivity index (χ2n) is 7.74. The monoisotopic (exact) mass is 437 g/mol. The normalized spacial score (nSPS) is 11.0. The standard InChI is InChI=1S/C24H31N5O3/c1-5-26(6-2)18-9-11-19(12-10-18)28(15-22(25)30)23(31)16-29-20-13-8-17(4)14-21(20)27(7-3)24(29)32/h8-14H,5-7,15-16H2,1-4H3,(H2,25,30). The Morgan fingerprint density at radius 3 is 2.09 bits per heavy atom. The number of nitrogens with zero attached hydrogens (tertiary/aromatic N) is 4. The summed E-state index contributed by atoms with van der Waals surface area (Å²) in [4.78, 5) is 41.5. The van der Waals surface area contributed by atoms with Gasteiger partial charge in [0.05, 0.1) is 11.0 Å². The van der Waals surface area contributed by atoms with E-state index in [0.29, 0.717) is 17.7 Å². The summed E-state index contributed by atoms with van der Waals surface area (Å²) in [6.45, 7) is 9.79. The van der Waals surface area contributed by atoms with Gasteiger partial charge in [0.1, 0.15) is 13.1 Å². The summed E-state index contributed by atoms with van der Waals surface area (Å²) >= 11 is 0. The SMILES string of the molecule is CCN(CC)c1ccc(N(CC(N)=O)C(=O)Cn2c(=O)n(CC)c3cc(C)ccc32)cc1. The number of primary amides is 1. The Morgan fingerprint density at radius 1 is 0.906 bits per heavy atom. The van der Waals surface area contributed by atoms with Crippen LogP contribution in [0.2, 0.25) is 0 Å². The first-order valence-corrected chi connectivity index (χ1v) is 10.9. The number of amides is 2. The molecule has 1 heterocycles. The molecule has 0 bridgehead atoms. The number of benzene rings is 2. The summed E-state index contributed by atoms with van der Waals surface area (Å²) in [6, 6.07) is 13.1. The van der Waals surface area contributed by atoms with E-state index in [1.54, 1.807) is 16.7 Å². The predicted molar refractivity (Wildman–Crippen MR) is 128 cm³/mol. The predicted octanol–water partition coefficient (Wildman–Crippen LogP) is 2.50. The number of carbonyl (C=O) groups excluding carboxylic acids is 2. The van der Waals surface area contributed by atoms with Crippen LogP contribution in [-0.2, 0) is 22.7 Å². The molecule has 0 aliphatic carbocycles. The third-order valence-electron chi connectivity index (χ3n) is 5.69. The van der Waals surface area contributed by atoms with Crippen LogP contribution in [0.5, 0.6) is 0 Å². The molecule has 0 atom stereocenters. The first kappa shape index (κ1) is 23.1. The molecule has 0 aliphatic rings. The molecular formula is C24H31N5O3. The van der Waals surface area contributed by atoms with Crippen LogP contribution < -0.4 is 21.2 Å². The summed E-state index contributed by atoms with van der Waals surface area (Å²) in [7, 11) is 0. The minimum Gasteiger partial charge on any atom is -0.372 e. The summed E-state index contributed by atoms with van der Waals surface area (Å²) in [6.07, 6.45) is 0. The minimum absolute atomic E-state index is 0.184. The summed E-state index contributed by atoms with van der Waals surface area (Å²) in [5.74, 6) is -0.998. The van der Waals surface area contributed by atoms with Crippen molar-refractivity contribution >= 4 is 34.2 Å². The molecule has 2 N–H and O–H groups in total. The van der Waals surface area contributed by atoms with Gasteiger partial charge >= 0.3 is 5.69 Å². The van der Waals surface area contributed by atoms with Gasteiger partial charge in [-0.25, -0.2) is 4.79 Å². The number of hydrogen-bond acceptors (Lipinski definition) is 4. The molecule has 0 unspecified atom stereocenters. The van der Waals surface area contributed by atoms with Gasteiger partial charge in [0.2, 0.25) is 11.8 Å². The smallest absolute Gasteiger partial charge is 0.329 e. The van der Waals surface area contributed by atoms with Crippen molar-refractivity contribution in [1.29, 1.82) is 0 Å². The molecule has 8 nitrogen and oxygen atoms in total. The van der Waals surface area contributed by atoms with Crippen LogP contribution in [0.4, 0.5) is 11.4 Å². The number of aromatic nitrogens is 2. The minimum atomic E-state index is -0.620. The van der Waals surface area contributed by atoms with Crippen molar-refractivity contribution in [3.05, 3.63) is 58.5 Å². The van der Waals surface area contributed by atoms with Gasteiger partial charge in [0.25, 0.3) is 0 Å². The Hall–Kier alpha value is -3.55. The van der Waals surface area contributed by atoms with Crippen LogP contribution in [0, 0.1) is 6.92 Å². The Morgan fingerprint density at radius 2 is 1.53 bits per heavy atom. The average molecular weight is 438 g/mol. The van der Waals surface area contributed by atoms with E-state index in [4.69, 9.17) is 5.73 Å². The topological polar surface area (TPSA) is 93.6 Å². The van der Waals surface area contributed by atoms with Crippen molar-refractivity contribution in [2.75, 3.05) is 29.4 Å². The molecule has 0 fully saturated rings. The third-order valence-corrected chi connectivity index (χ3v) is 5.69. The number of nitrogens with two attached hydrogens (primary N) is 1. The van der Waals surface area contributed by atoms with E-state index in [0.717, 1.165) is 29.9 Å². The summed E-state index contributed by atoms with van der Waals surface area (Å²) in [5, 5.41) is 0. The number of carbonyl (C=O) groups is 2. The number of aryl methyl sites for hydroxylation is 2. The van der Waals surface area contributed by atoms with E-state index in [2.05, 4.69) is 18.7 Å². The van der Waals surface area contributed by atoms with Gasteiger partial charge in [0.15, 0.2) is 0 Å². The van der Waals surface area contributed by atoms with Gasteiger partial charge in [-0.05, 0) is 69.7 Å². The molecule has 0 saturated carbocycles. The lowest BCUT2D eigenvalue weighted by molar-refractivity contribution is -0.122. The lowest BCUT2D eigenvalue weighted by atomic mass is 10.2. The lowest BCUT2D eigenvalue weighted by Gasteiger charge is -2.24. The molecule has 3 aromatic rings. The van der Waals surface area contributed by atoms with Crippen molar-refractivity contribution in [3.8, 4) is 0 Å². The molecule has 8 heteroatoms. The molecule has 170 valence electrons. The molecule has 0 radical (unpaired) electrons. The summed E-state index contributed by atoms with van der Waals surface area (Å²) < 4.78 is 3.10. The quantitative estimate of drug-likeness (QED) is 0.557. The highest BCUT2D eigenvalue weighted by Crippen LogP contribution is 2.22. The largest absolute Gasteiger partial charge is 0.372 e. The van der Waals surface area contributed by atoms with Crippen molar-refractivity contribution < 1.29 is 9.59 Å². The van der Waals surface area contributed by atoms with E-state index in [1.807, 2.05) is 44.2 Å². The Labute approximate surface area is 187 Å². The van der Waals surface area contributed by atoms with Crippen LogP contribution in [0.15, 0.2) is 47.3 Å². The zero-order valence-corrected chi connectivity index (χ0v) is 19.2. The maximum Gasteiger partial charge on any atom is 0.329 e. The number of imidazole rings is 1. The van der Waals surface area contributed by atoms with Crippen LogP contribution in [-0.4, -0.2) is 40.6 Å². The molecular weight excluding hydrogens is 406 g/mol. The van der Waals surface area contributed by atoms with Crippen molar-refractivity contribution in [3.63, 3.8) is 0 Å². The zero-order chi connectivity index (χ0) is 23.4. The molecule has 0 aliphatic heterocycles. The van der Waals surface area contributed by atoms with Crippen molar-refractivity contribution in [1.82, 2.24) is 9.13 Å². The van der Waals surface area contributed by atoms with Crippen molar-refractivity contribution in [2.24, 2.45) is 5.73 Å². The highest BCUT2D eigenvalue weighted by Gasteiger charge is 2.22. The Kier molecular flexibility index (Phi) is 7.02. The molecule has 2 aromatic carbocycles. The Bertz CT molecular complexity index is 1170. The maximum atomic E-state index is 13.3.